The summed E-state index contributed by atoms with van der Waals surface area (Å²) in [5, 5.41) is 3.51. The summed E-state index contributed by atoms with van der Waals surface area (Å²) in [6.45, 7) is 5.55. The third-order valence-electron chi connectivity index (χ3n) is 4.03. The van der Waals surface area contributed by atoms with E-state index in [1.165, 1.54) is 37.7 Å². The molecule has 2 nitrogen and oxygen atoms in total. The normalized spacial score (nSPS) is 23.9. The molecule has 0 heterocycles. The Labute approximate surface area is 111 Å². The van der Waals surface area contributed by atoms with Crippen LogP contribution in [0, 0.1) is 18.8 Å². The lowest BCUT2D eigenvalue weighted by Crippen LogP contribution is -2.16. The van der Waals surface area contributed by atoms with E-state index in [1.807, 2.05) is 12.1 Å². The SMILES string of the molecule is Cc1cc(N)cc(NCCC2CCCC(C)C2)c1. The van der Waals surface area contributed by atoms with Gasteiger partial charge in [0.05, 0.1) is 0 Å². The van der Waals surface area contributed by atoms with Crippen LogP contribution in [0.1, 0.15) is 44.6 Å². The number of hydrogen-bond acceptors (Lipinski definition) is 2. The van der Waals surface area contributed by atoms with E-state index in [4.69, 9.17) is 5.73 Å². The minimum absolute atomic E-state index is 0.851. The molecule has 2 unspecified atom stereocenters. The number of benzene rings is 1. The summed E-state index contributed by atoms with van der Waals surface area (Å²) in [6.07, 6.45) is 6.97. The predicted octanol–water partition coefficient (Wildman–Crippen LogP) is 4.21. The molecular weight excluding hydrogens is 220 g/mol. The topological polar surface area (TPSA) is 38.0 Å². The average Bonchev–Trinajstić information content (AvgIpc) is 2.27. The molecule has 0 radical (unpaired) electrons. The summed E-state index contributed by atoms with van der Waals surface area (Å²) in [5.74, 6) is 1.85. The zero-order chi connectivity index (χ0) is 13.0. The zero-order valence-corrected chi connectivity index (χ0v) is 11.7. The molecule has 2 atom stereocenters. The molecule has 18 heavy (non-hydrogen) atoms. The highest BCUT2D eigenvalue weighted by molar-refractivity contribution is 5.56. The fourth-order valence-corrected chi connectivity index (χ4v) is 3.16. The molecule has 0 saturated heterocycles. The van der Waals surface area contributed by atoms with E-state index < -0.39 is 0 Å². The fourth-order valence-electron chi connectivity index (χ4n) is 3.16. The van der Waals surface area contributed by atoms with Gasteiger partial charge in [-0.3, -0.25) is 0 Å². The molecule has 0 aromatic heterocycles. The minimum Gasteiger partial charge on any atom is -0.399 e. The Balaban J connectivity index is 1.77. The van der Waals surface area contributed by atoms with Gasteiger partial charge in [-0.15, -0.1) is 0 Å². The van der Waals surface area contributed by atoms with Crippen LogP contribution in [0.3, 0.4) is 0 Å². The Hall–Kier alpha value is -1.18. The Morgan fingerprint density at radius 1 is 1.28 bits per heavy atom. The highest BCUT2D eigenvalue weighted by Crippen LogP contribution is 2.30. The lowest BCUT2D eigenvalue weighted by atomic mass is 9.81. The molecule has 1 aliphatic carbocycles. The standard InChI is InChI=1S/C16H26N2/c1-12-4-3-5-14(8-12)6-7-18-16-10-13(2)9-15(17)11-16/h9-12,14,18H,3-8,17H2,1-2H3. The molecule has 0 aliphatic heterocycles. The average molecular weight is 246 g/mol. The number of rotatable bonds is 4. The van der Waals surface area contributed by atoms with Crippen LogP contribution in [0.4, 0.5) is 11.4 Å². The van der Waals surface area contributed by atoms with Gasteiger partial charge in [0, 0.05) is 17.9 Å². The second-order valence-electron chi connectivity index (χ2n) is 5.99. The number of nitrogen functional groups attached to an aromatic ring is 1. The van der Waals surface area contributed by atoms with Gasteiger partial charge in [0.2, 0.25) is 0 Å². The molecule has 3 N–H and O–H groups in total. The third-order valence-corrected chi connectivity index (χ3v) is 4.03. The van der Waals surface area contributed by atoms with Gasteiger partial charge in [-0.1, -0.05) is 26.2 Å². The van der Waals surface area contributed by atoms with Crippen molar-refractivity contribution in [1.82, 2.24) is 0 Å². The first kappa shape index (κ1) is 13.3. The first-order valence-corrected chi connectivity index (χ1v) is 7.24. The number of aryl methyl sites for hydroxylation is 1. The lowest BCUT2D eigenvalue weighted by Gasteiger charge is -2.26. The van der Waals surface area contributed by atoms with Gasteiger partial charge in [0.15, 0.2) is 0 Å². The Morgan fingerprint density at radius 3 is 2.83 bits per heavy atom. The maximum atomic E-state index is 5.85. The van der Waals surface area contributed by atoms with Crippen molar-refractivity contribution in [2.24, 2.45) is 11.8 Å². The van der Waals surface area contributed by atoms with Gasteiger partial charge >= 0.3 is 0 Å². The monoisotopic (exact) mass is 246 g/mol. The van der Waals surface area contributed by atoms with Crippen LogP contribution in [0.2, 0.25) is 0 Å². The molecule has 0 amide bonds. The largest absolute Gasteiger partial charge is 0.399 e. The van der Waals surface area contributed by atoms with Crippen LogP contribution >= 0.6 is 0 Å². The molecule has 100 valence electrons. The van der Waals surface area contributed by atoms with Crippen LogP contribution < -0.4 is 11.1 Å². The van der Waals surface area contributed by atoms with Gasteiger partial charge in [-0.2, -0.15) is 0 Å². The van der Waals surface area contributed by atoms with Crippen LogP contribution in [0.25, 0.3) is 0 Å². The smallest absolute Gasteiger partial charge is 0.0363 e. The van der Waals surface area contributed by atoms with Crippen molar-refractivity contribution in [3.63, 3.8) is 0 Å². The first-order valence-electron chi connectivity index (χ1n) is 7.24. The summed E-state index contributed by atoms with van der Waals surface area (Å²) < 4.78 is 0. The molecule has 0 spiro atoms. The zero-order valence-electron chi connectivity index (χ0n) is 11.7. The van der Waals surface area contributed by atoms with Crippen LogP contribution in [-0.2, 0) is 0 Å². The maximum absolute atomic E-state index is 5.85. The van der Waals surface area contributed by atoms with E-state index in [0.717, 1.165) is 29.8 Å². The van der Waals surface area contributed by atoms with Crippen LogP contribution in [0.5, 0.6) is 0 Å². The van der Waals surface area contributed by atoms with Crippen molar-refractivity contribution in [1.29, 1.82) is 0 Å². The van der Waals surface area contributed by atoms with E-state index in [-0.39, 0.29) is 0 Å². The van der Waals surface area contributed by atoms with Gasteiger partial charge in [0.1, 0.15) is 0 Å². The molecular formula is C16H26N2. The molecule has 1 saturated carbocycles. The maximum Gasteiger partial charge on any atom is 0.0363 e. The Bertz CT molecular complexity index is 366. The van der Waals surface area contributed by atoms with Gasteiger partial charge in [-0.25, -0.2) is 0 Å². The summed E-state index contributed by atoms with van der Waals surface area (Å²) in [7, 11) is 0. The number of hydrogen-bond donors (Lipinski definition) is 2. The van der Waals surface area contributed by atoms with E-state index in [0.29, 0.717) is 0 Å². The van der Waals surface area contributed by atoms with Crippen molar-refractivity contribution < 1.29 is 0 Å². The molecule has 1 fully saturated rings. The molecule has 2 rings (SSSR count). The van der Waals surface area contributed by atoms with Crippen molar-refractivity contribution in [2.75, 3.05) is 17.6 Å². The third kappa shape index (κ3) is 3.94. The van der Waals surface area contributed by atoms with E-state index in [9.17, 15) is 0 Å². The molecule has 2 heteroatoms. The van der Waals surface area contributed by atoms with Crippen molar-refractivity contribution in [2.45, 2.75) is 46.0 Å². The fraction of sp³-hybridized carbons (Fsp3) is 0.625. The summed E-state index contributed by atoms with van der Waals surface area (Å²) in [6, 6.07) is 6.20. The minimum atomic E-state index is 0.851. The summed E-state index contributed by atoms with van der Waals surface area (Å²) >= 11 is 0. The van der Waals surface area contributed by atoms with Gasteiger partial charge in [0.25, 0.3) is 0 Å². The van der Waals surface area contributed by atoms with Crippen molar-refractivity contribution in [3.8, 4) is 0 Å². The number of nitrogens with one attached hydrogen (secondary N) is 1. The van der Waals surface area contributed by atoms with Crippen LogP contribution in [0.15, 0.2) is 18.2 Å². The number of anilines is 2. The van der Waals surface area contributed by atoms with Gasteiger partial charge in [-0.05, 0) is 55.4 Å². The molecule has 1 aliphatic rings. The van der Waals surface area contributed by atoms with Gasteiger partial charge < -0.3 is 11.1 Å². The highest BCUT2D eigenvalue weighted by atomic mass is 14.9. The lowest BCUT2D eigenvalue weighted by molar-refractivity contribution is 0.274. The second-order valence-corrected chi connectivity index (χ2v) is 5.99. The van der Waals surface area contributed by atoms with Crippen molar-refractivity contribution in [3.05, 3.63) is 23.8 Å². The predicted molar refractivity (Wildman–Crippen MR) is 79.8 cm³/mol. The quantitative estimate of drug-likeness (QED) is 0.781. The van der Waals surface area contributed by atoms with Crippen molar-refractivity contribution >= 4 is 11.4 Å². The van der Waals surface area contributed by atoms with Crippen LogP contribution in [-0.4, -0.2) is 6.54 Å². The Morgan fingerprint density at radius 2 is 2.11 bits per heavy atom. The second kappa shape index (κ2) is 6.12. The molecule has 1 aromatic carbocycles. The summed E-state index contributed by atoms with van der Waals surface area (Å²) in [4.78, 5) is 0. The summed E-state index contributed by atoms with van der Waals surface area (Å²) in [5.41, 5.74) is 9.09. The van der Waals surface area contributed by atoms with E-state index in [2.05, 4.69) is 25.2 Å². The van der Waals surface area contributed by atoms with E-state index >= 15 is 0 Å². The first-order chi connectivity index (χ1) is 8.63. The Kier molecular flexibility index (Phi) is 4.51. The molecule has 1 aromatic rings. The number of nitrogens with two attached hydrogens (primary N) is 1. The molecule has 0 bridgehead atoms. The highest BCUT2D eigenvalue weighted by Gasteiger charge is 2.18. The van der Waals surface area contributed by atoms with E-state index in [1.54, 1.807) is 0 Å².